The van der Waals surface area contributed by atoms with E-state index in [2.05, 4.69) is 18.0 Å². The number of rotatable bonds is 10. The normalized spacial score (nSPS) is 13.7. The van der Waals surface area contributed by atoms with Crippen LogP contribution >= 0.6 is 11.6 Å². The maximum Gasteiger partial charge on any atom is 0.227 e. The highest BCUT2D eigenvalue weighted by atomic mass is 35.5. The molecule has 2 aromatic carbocycles. The van der Waals surface area contributed by atoms with E-state index in [1.807, 2.05) is 29.2 Å². The topological polar surface area (TPSA) is 51.2 Å². The number of carbonyl (C=O) groups excluding carboxylic acids is 1. The molecule has 0 atom stereocenters. The van der Waals surface area contributed by atoms with Crippen LogP contribution in [-0.4, -0.2) is 70.3 Å². The molecule has 0 aliphatic carbocycles. The van der Waals surface area contributed by atoms with Gasteiger partial charge in [0.1, 0.15) is 5.75 Å². The van der Waals surface area contributed by atoms with Crippen LogP contribution in [0.4, 0.5) is 0 Å². The van der Waals surface area contributed by atoms with Crippen LogP contribution in [0.1, 0.15) is 23.1 Å². The Morgan fingerprint density at radius 1 is 0.969 bits per heavy atom. The van der Waals surface area contributed by atoms with E-state index in [9.17, 15) is 4.79 Å². The Kier molecular flexibility index (Phi) is 8.65. The van der Waals surface area contributed by atoms with Crippen molar-refractivity contribution in [1.29, 1.82) is 0 Å². The maximum atomic E-state index is 12.8. The lowest BCUT2D eigenvalue weighted by Crippen LogP contribution is -2.35. The molecule has 32 heavy (non-hydrogen) atoms. The summed E-state index contributed by atoms with van der Waals surface area (Å²) in [4.78, 5) is 17.1. The molecule has 0 spiro atoms. The Hall–Kier alpha value is -2.44. The molecule has 0 saturated carbocycles. The standard InChI is InChI=1S/C25H33ClN2O4/c1-27(12-8-18-6-7-22(30-2)24(14-18)32-4)10-5-11-28-13-9-19-15-21(26)23(31-3)16-20(19)17-25(28)29/h6-7,14-16H,5,8-13,17H2,1-4H3. The van der Waals surface area contributed by atoms with Crippen LogP contribution in [0, 0.1) is 0 Å². The minimum absolute atomic E-state index is 0.168. The van der Waals surface area contributed by atoms with Gasteiger partial charge in [0, 0.05) is 19.6 Å². The van der Waals surface area contributed by atoms with Crippen molar-refractivity contribution in [2.45, 2.75) is 25.7 Å². The monoisotopic (exact) mass is 460 g/mol. The van der Waals surface area contributed by atoms with Gasteiger partial charge in [0.15, 0.2) is 11.5 Å². The summed E-state index contributed by atoms with van der Waals surface area (Å²) >= 11 is 6.27. The number of carbonyl (C=O) groups is 1. The molecule has 1 amide bonds. The van der Waals surface area contributed by atoms with Gasteiger partial charge in [0.2, 0.25) is 5.91 Å². The fraction of sp³-hybridized carbons (Fsp3) is 0.480. The van der Waals surface area contributed by atoms with E-state index in [4.69, 9.17) is 25.8 Å². The highest BCUT2D eigenvalue weighted by Gasteiger charge is 2.22. The lowest BCUT2D eigenvalue weighted by molar-refractivity contribution is -0.130. The van der Waals surface area contributed by atoms with Crippen LogP contribution in [0.3, 0.4) is 0 Å². The first kappa shape index (κ1) is 24.2. The molecule has 0 saturated heterocycles. The Balaban J connectivity index is 1.46. The zero-order valence-electron chi connectivity index (χ0n) is 19.4. The summed E-state index contributed by atoms with van der Waals surface area (Å²) < 4.78 is 16.0. The Morgan fingerprint density at radius 2 is 1.72 bits per heavy atom. The fourth-order valence-corrected chi connectivity index (χ4v) is 4.34. The third-order valence-corrected chi connectivity index (χ3v) is 6.31. The molecule has 2 aromatic rings. The smallest absolute Gasteiger partial charge is 0.227 e. The molecule has 0 N–H and O–H groups in total. The van der Waals surface area contributed by atoms with Gasteiger partial charge in [-0.3, -0.25) is 4.79 Å². The Bertz CT molecular complexity index is 934. The summed E-state index contributed by atoms with van der Waals surface area (Å²) in [6.07, 6.45) is 3.09. The summed E-state index contributed by atoms with van der Waals surface area (Å²) in [6.45, 7) is 3.36. The quantitative estimate of drug-likeness (QED) is 0.539. The Morgan fingerprint density at radius 3 is 2.44 bits per heavy atom. The van der Waals surface area contributed by atoms with Crippen LogP contribution < -0.4 is 14.2 Å². The van der Waals surface area contributed by atoms with Crippen LogP contribution in [0.15, 0.2) is 30.3 Å². The summed E-state index contributed by atoms with van der Waals surface area (Å²) in [6, 6.07) is 9.89. The van der Waals surface area contributed by atoms with E-state index >= 15 is 0 Å². The molecule has 0 radical (unpaired) electrons. The number of ether oxygens (including phenoxy) is 3. The number of amides is 1. The number of benzene rings is 2. The minimum atomic E-state index is 0.168. The van der Waals surface area contributed by atoms with E-state index in [1.54, 1.807) is 21.3 Å². The molecule has 0 unspecified atom stereocenters. The molecule has 6 nitrogen and oxygen atoms in total. The van der Waals surface area contributed by atoms with Crippen LogP contribution in [0.2, 0.25) is 5.02 Å². The highest BCUT2D eigenvalue weighted by Crippen LogP contribution is 2.30. The van der Waals surface area contributed by atoms with Gasteiger partial charge in [-0.15, -0.1) is 0 Å². The number of hydrogen-bond donors (Lipinski definition) is 0. The molecule has 0 aromatic heterocycles. The maximum absolute atomic E-state index is 12.8. The van der Waals surface area contributed by atoms with Gasteiger partial charge in [-0.1, -0.05) is 17.7 Å². The molecular formula is C25H33ClN2O4. The van der Waals surface area contributed by atoms with Crippen LogP contribution in [0.25, 0.3) is 0 Å². The SMILES string of the molecule is COc1cc2c(cc1Cl)CCN(CCCN(C)CCc1ccc(OC)c(OC)c1)C(=O)C2. The number of nitrogens with zero attached hydrogens (tertiary/aromatic N) is 2. The van der Waals surface area contributed by atoms with Crippen LogP contribution in [-0.2, 0) is 24.1 Å². The summed E-state index contributed by atoms with van der Waals surface area (Å²) in [5.74, 6) is 2.30. The van der Waals surface area contributed by atoms with E-state index in [0.717, 1.165) is 68.1 Å². The second-order valence-corrected chi connectivity index (χ2v) is 8.57. The van der Waals surface area contributed by atoms with Crippen molar-refractivity contribution in [3.05, 3.63) is 52.0 Å². The van der Waals surface area contributed by atoms with E-state index < -0.39 is 0 Å². The lowest BCUT2D eigenvalue weighted by Gasteiger charge is -2.23. The van der Waals surface area contributed by atoms with Gasteiger partial charge < -0.3 is 24.0 Å². The van der Waals surface area contributed by atoms with Gasteiger partial charge in [0.05, 0.1) is 32.8 Å². The molecule has 1 aliphatic rings. The van der Waals surface area contributed by atoms with Crippen molar-refractivity contribution in [3.8, 4) is 17.2 Å². The number of halogens is 1. The van der Waals surface area contributed by atoms with E-state index in [-0.39, 0.29) is 5.91 Å². The average Bonchev–Trinajstić information content (AvgIpc) is 2.94. The summed E-state index contributed by atoms with van der Waals surface area (Å²) in [5.41, 5.74) is 3.37. The predicted octanol–water partition coefficient (Wildman–Crippen LogP) is 3.86. The third kappa shape index (κ3) is 6.08. The molecule has 3 rings (SSSR count). The minimum Gasteiger partial charge on any atom is -0.495 e. The zero-order valence-corrected chi connectivity index (χ0v) is 20.2. The van der Waals surface area contributed by atoms with Crippen LogP contribution in [0.5, 0.6) is 17.2 Å². The average molecular weight is 461 g/mol. The molecule has 174 valence electrons. The molecule has 7 heteroatoms. The van der Waals surface area contributed by atoms with Gasteiger partial charge in [0.25, 0.3) is 0 Å². The fourth-order valence-electron chi connectivity index (χ4n) is 4.08. The van der Waals surface area contributed by atoms with E-state index in [0.29, 0.717) is 17.2 Å². The van der Waals surface area contributed by atoms with Crippen molar-refractivity contribution in [2.24, 2.45) is 0 Å². The predicted molar refractivity (Wildman–Crippen MR) is 127 cm³/mol. The van der Waals surface area contributed by atoms with Gasteiger partial charge in [-0.05, 0) is 73.8 Å². The molecule has 1 aliphatic heterocycles. The third-order valence-electron chi connectivity index (χ3n) is 6.02. The lowest BCUT2D eigenvalue weighted by atomic mass is 10.0. The van der Waals surface area contributed by atoms with Gasteiger partial charge >= 0.3 is 0 Å². The molecule has 0 bridgehead atoms. The van der Waals surface area contributed by atoms with Crippen molar-refractivity contribution in [2.75, 3.05) is 54.6 Å². The molecule has 0 fully saturated rings. The number of methoxy groups -OCH3 is 3. The first-order valence-electron chi connectivity index (χ1n) is 11.0. The van der Waals surface area contributed by atoms with Crippen molar-refractivity contribution >= 4 is 17.5 Å². The number of fused-ring (bicyclic) bond motifs is 1. The van der Waals surface area contributed by atoms with Crippen molar-refractivity contribution < 1.29 is 19.0 Å². The second-order valence-electron chi connectivity index (χ2n) is 8.16. The number of likely N-dealkylation sites (N-methyl/N-ethyl adjacent to an activating group) is 1. The van der Waals surface area contributed by atoms with E-state index in [1.165, 1.54) is 5.56 Å². The summed E-state index contributed by atoms with van der Waals surface area (Å²) in [7, 11) is 7.02. The molecule has 1 heterocycles. The van der Waals surface area contributed by atoms with Gasteiger partial charge in [-0.25, -0.2) is 0 Å². The van der Waals surface area contributed by atoms with Gasteiger partial charge in [-0.2, -0.15) is 0 Å². The largest absolute Gasteiger partial charge is 0.495 e. The first-order valence-corrected chi connectivity index (χ1v) is 11.4. The van der Waals surface area contributed by atoms with Crippen molar-refractivity contribution in [3.63, 3.8) is 0 Å². The highest BCUT2D eigenvalue weighted by molar-refractivity contribution is 6.32. The number of hydrogen-bond acceptors (Lipinski definition) is 5. The zero-order chi connectivity index (χ0) is 23.1. The first-order chi connectivity index (χ1) is 15.4. The summed E-state index contributed by atoms with van der Waals surface area (Å²) in [5, 5.41) is 0.600. The van der Waals surface area contributed by atoms with Crippen molar-refractivity contribution in [1.82, 2.24) is 9.80 Å². The second kappa shape index (κ2) is 11.4. The molecular weight excluding hydrogens is 428 g/mol. The Labute approximate surface area is 196 Å².